The van der Waals surface area contributed by atoms with Crippen molar-refractivity contribution in [1.29, 1.82) is 0 Å². The van der Waals surface area contributed by atoms with Gasteiger partial charge in [-0.25, -0.2) is 0 Å². The average Bonchev–Trinajstić information content (AvgIpc) is 3.05. The number of rotatable bonds is 2. The van der Waals surface area contributed by atoms with E-state index in [1.807, 2.05) is 30.3 Å². The van der Waals surface area contributed by atoms with E-state index in [1.54, 1.807) is 12.4 Å². The largest absolute Gasteiger partial charge is 0.334 e. The van der Waals surface area contributed by atoms with Gasteiger partial charge in [-0.05, 0) is 35.0 Å². The van der Waals surface area contributed by atoms with Crippen LogP contribution in [-0.4, -0.2) is 15.1 Å². The van der Waals surface area contributed by atoms with E-state index in [4.69, 9.17) is 4.52 Å². The third-order valence-corrected chi connectivity index (χ3v) is 3.36. The lowest BCUT2D eigenvalue weighted by atomic mass is 10.1. The first-order valence-electron chi connectivity index (χ1n) is 6.63. The summed E-state index contributed by atoms with van der Waals surface area (Å²) in [5.74, 6) is 1.09. The third kappa shape index (κ3) is 2.17. The van der Waals surface area contributed by atoms with Crippen LogP contribution < -0.4 is 0 Å². The molecule has 2 heterocycles. The molecule has 21 heavy (non-hydrogen) atoms. The average molecular weight is 273 g/mol. The highest BCUT2D eigenvalue weighted by Crippen LogP contribution is 2.25. The Morgan fingerprint density at radius 1 is 0.762 bits per heavy atom. The summed E-state index contributed by atoms with van der Waals surface area (Å²) in [4.78, 5) is 8.44. The van der Waals surface area contributed by atoms with E-state index in [2.05, 4.69) is 39.4 Å². The van der Waals surface area contributed by atoms with Crippen molar-refractivity contribution in [3.8, 4) is 22.8 Å². The highest BCUT2D eigenvalue weighted by molar-refractivity contribution is 5.86. The van der Waals surface area contributed by atoms with Crippen LogP contribution in [0.25, 0.3) is 33.6 Å². The van der Waals surface area contributed by atoms with E-state index >= 15 is 0 Å². The van der Waals surface area contributed by atoms with Crippen LogP contribution in [0.3, 0.4) is 0 Å². The summed E-state index contributed by atoms with van der Waals surface area (Å²) < 4.78 is 5.37. The lowest BCUT2D eigenvalue weighted by molar-refractivity contribution is 0.432. The van der Waals surface area contributed by atoms with Crippen LogP contribution in [0, 0.1) is 0 Å². The molecule has 4 rings (SSSR count). The minimum Gasteiger partial charge on any atom is -0.334 e. The van der Waals surface area contributed by atoms with Crippen molar-refractivity contribution in [3.05, 3.63) is 67.0 Å². The van der Waals surface area contributed by atoms with Crippen LogP contribution in [0.5, 0.6) is 0 Å². The number of fused-ring (bicyclic) bond motifs is 1. The molecule has 2 aromatic heterocycles. The van der Waals surface area contributed by atoms with Gasteiger partial charge in [0, 0.05) is 23.5 Å². The van der Waals surface area contributed by atoms with Crippen LogP contribution in [0.1, 0.15) is 0 Å². The zero-order valence-corrected chi connectivity index (χ0v) is 11.1. The van der Waals surface area contributed by atoms with Gasteiger partial charge in [0.05, 0.1) is 0 Å². The van der Waals surface area contributed by atoms with Crippen LogP contribution in [0.4, 0.5) is 0 Å². The molecular weight excluding hydrogens is 262 g/mol. The quantitative estimate of drug-likeness (QED) is 0.555. The minimum atomic E-state index is 0.521. The Morgan fingerprint density at radius 2 is 1.57 bits per heavy atom. The Labute approximate surface area is 121 Å². The Morgan fingerprint density at radius 3 is 2.43 bits per heavy atom. The summed E-state index contributed by atoms with van der Waals surface area (Å²) in [6.07, 6.45) is 3.42. The number of aromatic nitrogens is 3. The summed E-state index contributed by atoms with van der Waals surface area (Å²) in [5.41, 5.74) is 1.81. The molecule has 0 bridgehead atoms. The molecular formula is C17H11N3O. The van der Waals surface area contributed by atoms with Crippen molar-refractivity contribution < 1.29 is 4.52 Å². The number of pyridine rings is 1. The van der Waals surface area contributed by atoms with Gasteiger partial charge < -0.3 is 4.52 Å². The first-order chi connectivity index (χ1) is 10.4. The van der Waals surface area contributed by atoms with Gasteiger partial charge in [0.1, 0.15) is 0 Å². The predicted molar refractivity (Wildman–Crippen MR) is 80.5 cm³/mol. The molecule has 4 aromatic rings. The Kier molecular flexibility index (Phi) is 2.71. The van der Waals surface area contributed by atoms with Crippen LogP contribution in [0.2, 0.25) is 0 Å². The molecule has 0 N–H and O–H groups in total. The lowest BCUT2D eigenvalue weighted by Crippen LogP contribution is -1.82. The Bertz CT molecular complexity index is 900. The molecule has 0 spiro atoms. The van der Waals surface area contributed by atoms with Gasteiger partial charge >= 0.3 is 0 Å². The summed E-state index contributed by atoms with van der Waals surface area (Å²) in [6, 6.07) is 18.0. The third-order valence-electron chi connectivity index (χ3n) is 3.36. The van der Waals surface area contributed by atoms with Gasteiger partial charge in [-0.3, -0.25) is 4.98 Å². The van der Waals surface area contributed by atoms with E-state index in [-0.39, 0.29) is 0 Å². The van der Waals surface area contributed by atoms with Gasteiger partial charge in [0.15, 0.2) is 0 Å². The molecule has 0 aliphatic carbocycles. The van der Waals surface area contributed by atoms with Gasteiger partial charge in [0.2, 0.25) is 5.82 Å². The fraction of sp³-hybridized carbons (Fsp3) is 0. The number of benzene rings is 2. The van der Waals surface area contributed by atoms with E-state index in [1.165, 1.54) is 5.39 Å². The van der Waals surface area contributed by atoms with E-state index < -0.39 is 0 Å². The highest BCUT2D eigenvalue weighted by atomic mass is 16.5. The number of hydrogen-bond donors (Lipinski definition) is 0. The molecule has 2 aromatic carbocycles. The second kappa shape index (κ2) is 4.83. The maximum atomic E-state index is 5.37. The molecule has 0 saturated heterocycles. The molecule has 0 fully saturated rings. The first-order valence-corrected chi connectivity index (χ1v) is 6.63. The van der Waals surface area contributed by atoms with Gasteiger partial charge in [-0.1, -0.05) is 35.5 Å². The lowest BCUT2D eigenvalue weighted by Gasteiger charge is -1.99. The smallest absolute Gasteiger partial charge is 0.258 e. The van der Waals surface area contributed by atoms with Crippen LogP contribution in [0.15, 0.2) is 71.5 Å². The molecule has 0 radical (unpaired) electrons. The molecule has 0 saturated carbocycles. The van der Waals surface area contributed by atoms with Crippen LogP contribution >= 0.6 is 0 Å². The first kappa shape index (κ1) is 11.8. The normalized spacial score (nSPS) is 10.9. The summed E-state index contributed by atoms with van der Waals surface area (Å²) in [5, 5.41) is 6.37. The van der Waals surface area contributed by atoms with Crippen LogP contribution in [-0.2, 0) is 0 Å². The minimum absolute atomic E-state index is 0.521. The SMILES string of the molecule is c1ccc2cc(-c3nc(-c4ccncc4)no3)ccc2c1. The van der Waals surface area contributed by atoms with Crippen molar-refractivity contribution in [1.82, 2.24) is 15.1 Å². The van der Waals surface area contributed by atoms with Crippen molar-refractivity contribution in [2.24, 2.45) is 0 Å². The number of hydrogen-bond acceptors (Lipinski definition) is 4. The molecule has 4 nitrogen and oxygen atoms in total. The molecule has 0 aliphatic heterocycles. The summed E-state index contributed by atoms with van der Waals surface area (Å²) in [7, 11) is 0. The molecule has 4 heteroatoms. The van der Waals surface area contributed by atoms with Crippen molar-refractivity contribution in [3.63, 3.8) is 0 Å². The zero-order valence-electron chi connectivity index (χ0n) is 11.1. The Balaban J connectivity index is 1.77. The van der Waals surface area contributed by atoms with E-state index in [0.29, 0.717) is 11.7 Å². The highest BCUT2D eigenvalue weighted by Gasteiger charge is 2.10. The second-order valence-corrected chi connectivity index (χ2v) is 4.72. The molecule has 0 unspecified atom stereocenters. The van der Waals surface area contributed by atoms with E-state index in [9.17, 15) is 0 Å². The second-order valence-electron chi connectivity index (χ2n) is 4.72. The van der Waals surface area contributed by atoms with Crippen molar-refractivity contribution in [2.45, 2.75) is 0 Å². The monoisotopic (exact) mass is 273 g/mol. The molecule has 0 amide bonds. The number of nitrogens with zero attached hydrogens (tertiary/aromatic N) is 3. The van der Waals surface area contributed by atoms with E-state index in [0.717, 1.165) is 16.5 Å². The zero-order chi connectivity index (χ0) is 14.1. The topological polar surface area (TPSA) is 51.8 Å². The standard InChI is InChI=1S/C17H11N3O/c1-2-4-14-11-15(6-5-12(14)3-1)17-19-16(20-21-17)13-7-9-18-10-8-13/h1-11H. The van der Waals surface area contributed by atoms with Crippen molar-refractivity contribution >= 4 is 10.8 Å². The van der Waals surface area contributed by atoms with Gasteiger partial charge in [-0.2, -0.15) is 4.98 Å². The maximum absolute atomic E-state index is 5.37. The van der Waals surface area contributed by atoms with Gasteiger partial charge in [-0.15, -0.1) is 0 Å². The Hall–Kier alpha value is -3.01. The van der Waals surface area contributed by atoms with Crippen molar-refractivity contribution in [2.75, 3.05) is 0 Å². The fourth-order valence-electron chi connectivity index (χ4n) is 2.28. The maximum Gasteiger partial charge on any atom is 0.258 e. The molecule has 0 atom stereocenters. The molecule has 0 aliphatic rings. The molecule has 100 valence electrons. The van der Waals surface area contributed by atoms with Gasteiger partial charge in [0.25, 0.3) is 5.89 Å². The predicted octanol–water partition coefficient (Wildman–Crippen LogP) is 3.95. The summed E-state index contributed by atoms with van der Waals surface area (Å²) >= 11 is 0. The summed E-state index contributed by atoms with van der Waals surface area (Å²) in [6.45, 7) is 0. The fourth-order valence-corrected chi connectivity index (χ4v) is 2.28.